The van der Waals surface area contributed by atoms with E-state index in [2.05, 4.69) is 181 Å². The number of aliphatic hydroxyl groups is 1. The van der Waals surface area contributed by atoms with Gasteiger partial charge in [0.15, 0.2) is 32.5 Å². The minimum Gasteiger partial charge on any atom is -0.508 e. The number of H-pyrrole nitrogens is 3. The number of fused-ring (bicyclic) bond motifs is 7. The summed E-state index contributed by atoms with van der Waals surface area (Å²) in [6.07, 6.45) is 10.2. The molecule has 14 aromatic rings. The van der Waals surface area contributed by atoms with Crippen LogP contribution in [-0.2, 0) is 40.4 Å². The third kappa shape index (κ3) is 21.3. The van der Waals surface area contributed by atoms with Gasteiger partial charge in [-0.05, 0) is 189 Å². The van der Waals surface area contributed by atoms with Gasteiger partial charge in [-0.2, -0.15) is 20.2 Å². The number of hydrogen-bond donors (Lipinski definition) is 11. The highest BCUT2D eigenvalue weighted by atomic mass is 79.9. The van der Waals surface area contributed by atoms with Crippen LogP contribution < -0.4 is 26.6 Å². The van der Waals surface area contributed by atoms with Gasteiger partial charge in [-0.15, -0.1) is 5.11 Å². The van der Waals surface area contributed by atoms with Crippen molar-refractivity contribution in [3.05, 3.63) is 259 Å². The standard InChI is InChI=1S/C20H23N3O2S.C19H26N6O2.C18H15NO.C16H17Cl2N5O2.C15H12BrN3O/c1-14(2)23-15(3)5-10-19(23)18-11-12-21-20(22-18)13-16-6-8-17(9-7-16)26(4,24)25;1-4-14(10-26)22-19-23-17(20-9-13-7-5-6-8-15(13)27)16-18(24-19)25(11-21-16)12(2)3;1-11-6-7-17-15(8-11)16-10-13(20)9-12-4-2-3-5-14(12)18(16)19-17;17-10-2-1-3-11(18)13(10)15(24)22-12-8-20-23-14(12)16(25)21-9-4-6-19-7-5-9;1-9-2-5-11(6-3-9)18-19-14-12-7-4-10(16)8-13(12)17-15(14)20/h5-12,14H,13H2,1-4H3;5-8,11-12,14,26-27H,4,9-10H2,1-3H3,(H2,20,22,23,24);2-8,19H,9-10H2,1H3;1-3,8-9,19H,4-7H2,(H,20,23)(H,21,25)(H,22,24);2-8,17,20H,1H3/t;14-;;;/m.1.../s1. The van der Waals surface area contributed by atoms with Crippen LogP contribution in [-0.4, -0.2) is 134 Å². The number of aromatic hydroxyl groups is 2. The first-order chi connectivity index (χ1) is 56.7. The molecule has 1 aliphatic carbocycles. The molecule has 8 heterocycles. The first-order valence-corrected chi connectivity index (χ1v) is 42.1. The molecule has 0 spiro atoms. The van der Waals surface area contributed by atoms with E-state index in [9.17, 15) is 38.1 Å². The number of rotatable bonds is 19. The molecule has 1 aliphatic heterocycles. The van der Waals surface area contributed by atoms with E-state index in [0.29, 0.717) is 71.3 Å². The molecule has 11 N–H and O–H groups in total. The highest BCUT2D eigenvalue weighted by molar-refractivity contribution is 9.10. The Morgan fingerprint density at radius 2 is 1.47 bits per heavy atom. The van der Waals surface area contributed by atoms with Gasteiger partial charge >= 0.3 is 0 Å². The number of carbonyl (C=O) groups excluding carboxylic acids is 3. The molecule has 0 bridgehead atoms. The number of anilines is 3. The van der Waals surface area contributed by atoms with E-state index in [-0.39, 0.29) is 69.3 Å². The van der Waals surface area contributed by atoms with Gasteiger partial charge in [0.25, 0.3) is 11.8 Å². The molecule has 1 atom stereocenters. The number of amides is 2. The number of nitrogens with one attached hydrogen (secondary N) is 8. The monoisotopic (exact) mass is 1710 g/mol. The molecule has 1 fully saturated rings. The Kier molecular flexibility index (Phi) is 28.2. The topological polar surface area (TPSA) is 365 Å². The van der Waals surface area contributed by atoms with E-state index in [1.165, 1.54) is 40.2 Å². The molecule has 16 rings (SSSR count). The van der Waals surface area contributed by atoms with Crippen LogP contribution in [0.5, 0.6) is 11.6 Å². The molecule has 0 saturated carbocycles. The summed E-state index contributed by atoms with van der Waals surface area (Å²) < 4.78 is 28.3. The van der Waals surface area contributed by atoms with Crippen LogP contribution in [0.3, 0.4) is 0 Å². The number of aromatic amines is 3. The minimum atomic E-state index is -3.18. The Bertz CT molecular complexity index is 6030. The number of Topliss-reactive ketones (excluding diaryl/α,β-unsaturated/α-hetero) is 1. The number of aryl methyl sites for hydroxylation is 3. The van der Waals surface area contributed by atoms with Gasteiger partial charge in [0.05, 0.1) is 79.7 Å². The van der Waals surface area contributed by atoms with Crippen molar-refractivity contribution in [3.63, 3.8) is 0 Å². The maximum atomic E-state index is 12.5. The van der Waals surface area contributed by atoms with E-state index < -0.39 is 15.7 Å². The fraction of sp³-hybridized carbons (Fsp3) is 0.261. The van der Waals surface area contributed by atoms with Crippen LogP contribution in [0.2, 0.25) is 10.0 Å². The van der Waals surface area contributed by atoms with Crippen LogP contribution in [0.25, 0.3) is 55.6 Å². The van der Waals surface area contributed by atoms with Crippen molar-refractivity contribution < 1.29 is 38.1 Å². The Labute approximate surface area is 701 Å². The number of phenolic OH excluding ortho intramolecular Hbond substituents is 1. The lowest BCUT2D eigenvalue weighted by atomic mass is 10.0. The number of nitrogens with zero attached hydrogens (tertiary/aromatic N) is 10. The van der Waals surface area contributed by atoms with Crippen molar-refractivity contribution in [2.45, 2.75) is 130 Å². The van der Waals surface area contributed by atoms with E-state index in [0.717, 1.165) is 104 Å². The lowest BCUT2D eigenvalue weighted by Crippen LogP contribution is -2.43. The van der Waals surface area contributed by atoms with Gasteiger partial charge in [-0.3, -0.25) is 19.5 Å². The summed E-state index contributed by atoms with van der Waals surface area (Å²) >= 11 is 15.5. The Balaban J connectivity index is 0.000000136. The van der Waals surface area contributed by atoms with E-state index in [1.807, 2.05) is 103 Å². The number of halogens is 3. The number of phenols is 1. The highest BCUT2D eigenvalue weighted by Gasteiger charge is 2.26. The molecule has 0 unspecified atom stereocenters. The van der Waals surface area contributed by atoms with Gasteiger partial charge < -0.3 is 61.0 Å². The molecule has 610 valence electrons. The van der Waals surface area contributed by atoms with E-state index in [4.69, 9.17) is 28.2 Å². The van der Waals surface area contributed by atoms with Crippen LogP contribution in [0, 0.1) is 20.8 Å². The number of para-hydroxylation sites is 1. The Hall–Kier alpha value is -11.9. The molecule has 118 heavy (non-hydrogen) atoms. The number of aromatic nitrogens is 11. The molecule has 2 amide bonds. The lowest BCUT2D eigenvalue weighted by Gasteiger charge is -2.23. The van der Waals surface area contributed by atoms with Crippen molar-refractivity contribution in [1.82, 2.24) is 64.9 Å². The Morgan fingerprint density at radius 1 is 0.746 bits per heavy atom. The summed E-state index contributed by atoms with van der Waals surface area (Å²) in [5, 5.41) is 61.9. The van der Waals surface area contributed by atoms with Crippen LogP contribution in [0.15, 0.2) is 208 Å². The molecule has 0 radical (unpaired) electrons. The smallest absolute Gasteiger partial charge is 0.271 e. The predicted octanol–water partition coefficient (Wildman–Crippen LogP) is 18.4. The SMILES string of the molecule is CC[C@H](CO)Nc1nc(NCc2ccccc2O)c2ncn(C(C)C)c2n1.Cc1ccc(-c2ccnc(Cc3ccc(S(C)(=O)=O)cc3)n2)n1C(C)C.Cc1ccc(N=Nc2c(O)[nH]c3cc(Br)ccc23)cc1.Cc1ccc2[nH]c3c(c2c1)CC(=O)Cc1ccccc1-3.O=C(NC1CCNCC1)c1[nH]ncc1NC(=O)c1c(Cl)cccc1Cl. The summed E-state index contributed by atoms with van der Waals surface area (Å²) in [5.41, 5.74) is 17.0. The van der Waals surface area contributed by atoms with Gasteiger partial charge in [0.2, 0.25) is 11.8 Å². The van der Waals surface area contributed by atoms with Crippen LogP contribution >= 0.6 is 39.1 Å². The number of sulfone groups is 1. The minimum absolute atomic E-state index is 0.00197. The third-order valence-corrected chi connectivity index (χ3v) is 22.1. The van der Waals surface area contributed by atoms with Crippen molar-refractivity contribution in [2.24, 2.45) is 10.2 Å². The molecule has 7 aromatic carbocycles. The second-order valence-corrected chi connectivity index (χ2v) is 33.1. The van der Waals surface area contributed by atoms with Crippen molar-refractivity contribution in [2.75, 3.05) is 41.9 Å². The second-order valence-electron chi connectivity index (χ2n) is 29.3. The fourth-order valence-electron chi connectivity index (χ4n) is 13.7. The molecule has 26 nitrogen and oxygen atoms in total. The molecule has 7 aromatic heterocycles. The largest absolute Gasteiger partial charge is 0.508 e. The summed E-state index contributed by atoms with van der Waals surface area (Å²) in [4.78, 5) is 66.5. The predicted molar refractivity (Wildman–Crippen MR) is 469 cm³/mol. The zero-order chi connectivity index (χ0) is 83.9. The van der Waals surface area contributed by atoms with Crippen molar-refractivity contribution in [1.29, 1.82) is 0 Å². The summed E-state index contributed by atoms with van der Waals surface area (Å²) in [5.74, 6) is 1.45. The van der Waals surface area contributed by atoms with E-state index in [1.54, 1.807) is 55.0 Å². The van der Waals surface area contributed by atoms with Gasteiger partial charge in [-0.1, -0.05) is 136 Å². The van der Waals surface area contributed by atoms with E-state index >= 15 is 0 Å². The number of hydrogen-bond acceptors (Lipinski definition) is 19. The second kappa shape index (κ2) is 38.9. The number of piperidine rings is 1. The van der Waals surface area contributed by atoms with Crippen LogP contribution in [0.1, 0.15) is 132 Å². The first-order valence-electron chi connectivity index (χ1n) is 38.6. The summed E-state index contributed by atoms with van der Waals surface area (Å²) in [7, 11) is -3.18. The normalized spacial score (nSPS) is 13.0. The molecular weight excluding hydrogens is 1620 g/mol. The van der Waals surface area contributed by atoms with Gasteiger partial charge in [0, 0.05) is 94.0 Å². The number of imidazole rings is 1. The molecule has 2 aliphatic rings. The summed E-state index contributed by atoms with van der Waals surface area (Å²) in [6, 6.07) is 53.5. The number of azo groups is 1. The zero-order valence-electron chi connectivity index (χ0n) is 66.7. The van der Waals surface area contributed by atoms with Crippen LogP contribution in [0.4, 0.5) is 28.8 Å². The highest BCUT2D eigenvalue weighted by Crippen LogP contribution is 2.39. The van der Waals surface area contributed by atoms with Gasteiger partial charge in [0.1, 0.15) is 23.1 Å². The molecule has 30 heteroatoms. The number of ketones is 1. The maximum absolute atomic E-state index is 12.5. The third-order valence-electron chi connectivity index (χ3n) is 19.9. The summed E-state index contributed by atoms with van der Waals surface area (Å²) in [6.45, 7) is 18.8. The zero-order valence-corrected chi connectivity index (χ0v) is 70.6. The first kappa shape index (κ1) is 85.4. The number of aliphatic hydroxyl groups excluding tert-OH is 1. The average molecular weight is 1710 g/mol. The number of benzene rings is 7. The van der Waals surface area contributed by atoms with Crippen molar-refractivity contribution >= 4 is 128 Å². The quantitative estimate of drug-likeness (QED) is 0.0335. The maximum Gasteiger partial charge on any atom is 0.271 e. The van der Waals surface area contributed by atoms with Gasteiger partial charge in [-0.25, -0.2) is 23.4 Å². The Morgan fingerprint density at radius 3 is 2.19 bits per heavy atom. The lowest BCUT2D eigenvalue weighted by molar-refractivity contribution is -0.117. The molecular formula is C88H93BrCl2N18O8S. The molecule has 1 saturated heterocycles. The fourth-order valence-corrected chi connectivity index (χ4v) is 15.3. The average Bonchev–Trinajstić information content (AvgIpc) is 1.61. The van der Waals surface area contributed by atoms with Crippen molar-refractivity contribution in [3.8, 4) is 34.3 Å². The number of carbonyl (C=O) groups is 3.